The number of unbranched alkanes of at least 4 members (excludes halogenated alkanes) is 4. The Bertz CT molecular complexity index is 352. The topological polar surface area (TPSA) is 75.1 Å². The van der Waals surface area contributed by atoms with Crippen molar-refractivity contribution in [1.82, 2.24) is 0 Å². The van der Waals surface area contributed by atoms with Gasteiger partial charge in [0.15, 0.2) is 0 Å². The van der Waals surface area contributed by atoms with Crippen LogP contribution in [-0.4, -0.2) is 24.8 Å². The molecule has 5 nitrogen and oxygen atoms in total. The predicted molar refractivity (Wildman–Crippen MR) is 67.8 cm³/mol. The van der Waals surface area contributed by atoms with Gasteiger partial charge in [0, 0.05) is 11.5 Å². The molecular formula is C12H18F3N3O2. The minimum atomic E-state index is -4.97. The Labute approximate surface area is 115 Å². The number of nitrogens with zero attached hydrogens (tertiary/aromatic N) is 3. The molecule has 1 atom stereocenters. The highest BCUT2D eigenvalue weighted by Crippen LogP contribution is 2.19. The van der Waals surface area contributed by atoms with Crippen molar-refractivity contribution in [3.05, 3.63) is 23.1 Å². The molecule has 0 aliphatic heterocycles. The Balaban J connectivity index is 3.73. The number of carbonyl (C=O) groups excluding carboxylic acids is 1. The van der Waals surface area contributed by atoms with E-state index in [-0.39, 0.29) is 0 Å². The van der Waals surface area contributed by atoms with Crippen LogP contribution in [0.2, 0.25) is 0 Å². The molecule has 0 saturated carbocycles. The smallest absolute Gasteiger partial charge is 0.451 e. The van der Waals surface area contributed by atoms with Gasteiger partial charge in [0.1, 0.15) is 6.10 Å². The third-order valence-corrected chi connectivity index (χ3v) is 2.56. The largest absolute Gasteiger partial charge is 0.490 e. The van der Waals surface area contributed by atoms with Gasteiger partial charge < -0.3 is 4.74 Å². The van der Waals surface area contributed by atoms with Gasteiger partial charge in [-0.3, -0.25) is 0 Å². The van der Waals surface area contributed by atoms with Gasteiger partial charge >= 0.3 is 12.1 Å². The Morgan fingerprint density at radius 2 is 1.90 bits per heavy atom. The molecule has 0 aliphatic rings. The van der Waals surface area contributed by atoms with Crippen molar-refractivity contribution < 1.29 is 22.7 Å². The van der Waals surface area contributed by atoms with E-state index in [0.717, 1.165) is 25.7 Å². The summed E-state index contributed by atoms with van der Waals surface area (Å²) in [6.45, 7) is 3.81. The number of ether oxygens (including phenoxy) is 1. The van der Waals surface area contributed by atoms with Crippen LogP contribution in [0.3, 0.4) is 0 Å². The standard InChI is InChI=1S/C12H18F3N3O2/c1-2-10(20-11(19)12(13,14)15)8-6-4-3-5-7-9-17-18-16/h2,10H,1,3-9H2. The number of azide groups is 1. The summed E-state index contributed by atoms with van der Waals surface area (Å²) in [5, 5.41) is 3.39. The van der Waals surface area contributed by atoms with E-state index in [1.54, 1.807) is 0 Å². The molecule has 0 aromatic heterocycles. The third kappa shape index (κ3) is 9.27. The van der Waals surface area contributed by atoms with E-state index in [2.05, 4.69) is 21.3 Å². The summed E-state index contributed by atoms with van der Waals surface area (Å²) >= 11 is 0. The second kappa shape index (κ2) is 10.1. The Morgan fingerprint density at radius 3 is 2.45 bits per heavy atom. The normalized spacial score (nSPS) is 12.3. The zero-order valence-electron chi connectivity index (χ0n) is 11.1. The lowest BCUT2D eigenvalue weighted by atomic mass is 10.1. The van der Waals surface area contributed by atoms with E-state index in [0.29, 0.717) is 19.4 Å². The average Bonchev–Trinajstić information content (AvgIpc) is 2.39. The number of esters is 1. The van der Waals surface area contributed by atoms with Crippen molar-refractivity contribution in [2.45, 2.75) is 50.8 Å². The van der Waals surface area contributed by atoms with Gasteiger partial charge in [0.2, 0.25) is 0 Å². The van der Waals surface area contributed by atoms with E-state index in [1.807, 2.05) is 0 Å². The minimum Gasteiger partial charge on any atom is -0.451 e. The molecule has 0 aromatic carbocycles. The molecule has 0 radical (unpaired) electrons. The maximum absolute atomic E-state index is 12.0. The van der Waals surface area contributed by atoms with Crippen LogP contribution in [0.25, 0.3) is 10.4 Å². The summed E-state index contributed by atoms with van der Waals surface area (Å²) in [5.74, 6) is -2.18. The highest BCUT2D eigenvalue weighted by Gasteiger charge is 2.41. The van der Waals surface area contributed by atoms with Crippen molar-refractivity contribution in [2.75, 3.05) is 6.54 Å². The van der Waals surface area contributed by atoms with Crippen LogP contribution in [-0.2, 0) is 9.53 Å². The molecule has 114 valence electrons. The summed E-state index contributed by atoms with van der Waals surface area (Å²) < 4.78 is 40.3. The average molecular weight is 293 g/mol. The van der Waals surface area contributed by atoms with Crippen LogP contribution in [0, 0.1) is 0 Å². The van der Waals surface area contributed by atoms with Crippen LogP contribution < -0.4 is 0 Å². The second-order valence-electron chi connectivity index (χ2n) is 4.19. The molecule has 0 N–H and O–H groups in total. The lowest BCUT2D eigenvalue weighted by Crippen LogP contribution is -2.29. The van der Waals surface area contributed by atoms with Crippen LogP contribution in [0.1, 0.15) is 38.5 Å². The van der Waals surface area contributed by atoms with Crippen molar-refractivity contribution in [1.29, 1.82) is 0 Å². The first-order chi connectivity index (χ1) is 9.41. The van der Waals surface area contributed by atoms with E-state index in [1.165, 1.54) is 6.08 Å². The molecule has 1 unspecified atom stereocenters. The molecule has 0 spiro atoms. The molecule has 0 aliphatic carbocycles. The second-order valence-corrected chi connectivity index (χ2v) is 4.19. The maximum Gasteiger partial charge on any atom is 0.490 e. The fourth-order valence-corrected chi connectivity index (χ4v) is 1.53. The molecule has 0 heterocycles. The van der Waals surface area contributed by atoms with E-state index in [4.69, 9.17) is 5.53 Å². The molecule has 0 saturated heterocycles. The zero-order chi connectivity index (χ0) is 15.4. The molecule has 0 aromatic rings. The van der Waals surface area contributed by atoms with Crippen molar-refractivity contribution in [3.8, 4) is 0 Å². The van der Waals surface area contributed by atoms with Gasteiger partial charge in [-0.15, -0.1) is 0 Å². The predicted octanol–water partition coefficient (Wildman–Crippen LogP) is 4.30. The van der Waals surface area contributed by atoms with Crippen LogP contribution in [0.4, 0.5) is 13.2 Å². The monoisotopic (exact) mass is 293 g/mol. The number of carbonyl (C=O) groups is 1. The number of halogens is 3. The summed E-state index contributed by atoms with van der Waals surface area (Å²) in [7, 11) is 0. The van der Waals surface area contributed by atoms with Gasteiger partial charge in [-0.05, 0) is 24.8 Å². The first-order valence-electron chi connectivity index (χ1n) is 6.33. The maximum atomic E-state index is 12.0. The fourth-order valence-electron chi connectivity index (χ4n) is 1.53. The molecule has 8 heteroatoms. The lowest BCUT2D eigenvalue weighted by Gasteiger charge is -2.15. The zero-order valence-corrected chi connectivity index (χ0v) is 11.1. The van der Waals surface area contributed by atoms with E-state index in [9.17, 15) is 18.0 Å². The summed E-state index contributed by atoms with van der Waals surface area (Å²) in [6, 6.07) is 0. The number of alkyl halides is 3. The number of hydrogen-bond acceptors (Lipinski definition) is 3. The highest BCUT2D eigenvalue weighted by atomic mass is 19.4. The van der Waals surface area contributed by atoms with Crippen LogP contribution in [0.5, 0.6) is 0 Å². The molecule has 0 amide bonds. The number of hydrogen-bond donors (Lipinski definition) is 0. The minimum absolute atomic E-state index is 0.321. The SMILES string of the molecule is C=CC(CCCCCCCN=[N+]=[N-])OC(=O)C(F)(F)F. The number of rotatable bonds is 10. The van der Waals surface area contributed by atoms with Gasteiger partial charge in [0.25, 0.3) is 0 Å². The van der Waals surface area contributed by atoms with Crippen LogP contribution >= 0.6 is 0 Å². The van der Waals surface area contributed by atoms with Crippen molar-refractivity contribution in [2.24, 2.45) is 5.11 Å². The summed E-state index contributed by atoms with van der Waals surface area (Å²) in [6.07, 6.45) is -0.341. The van der Waals surface area contributed by atoms with Gasteiger partial charge in [-0.25, -0.2) is 4.79 Å². The lowest BCUT2D eigenvalue weighted by molar-refractivity contribution is -0.203. The van der Waals surface area contributed by atoms with E-state index < -0.39 is 18.2 Å². The summed E-state index contributed by atoms with van der Waals surface area (Å²) in [5.41, 5.74) is 8.05. The van der Waals surface area contributed by atoms with Crippen molar-refractivity contribution >= 4 is 5.97 Å². The first-order valence-corrected chi connectivity index (χ1v) is 6.33. The quantitative estimate of drug-likeness (QED) is 0.150. The first kappa shape index (κ1) is 18.3. The Morgan fingerprint density at radius 1 is 1.30 bits per heavy atom. The molecular weight excluding hydrogens is 275 g/mol. The third-order valence-electron chi connectivity index (χ3n) is 2.56. The molecule has 20 heavy (non-hydrogen) atoms. The van der Waals surface area contributed by atoms with Gasteiger partial charge in [0.05, 0.1) is 0 Å². The fraction of sp³-hybridized carbons (Fsp3) is 0.750. The van der Waals surface area contributed by atoms with Gasteiger partial charge in [-0.2, -0.15) is 13.2 Å². The molecule has 0 bridgehead atoms. The molecule has 0 fully saturated rings. The summed E-state index contributed by atoms with van der Waals surface area (Å²) in [4.78, 5) is 13.3. The van der Waals surface area contributed by atoms with Gasteiger partial charge in [-0.1, -0.05) is 37.0 Å². The van der Waals surface area contributed by atoms with Crippen LogP contribution in [0.15, 0.2) is 17.8 Å². The Kier molecular flexibility index (Phi) is 9.28. The Hall–Kier alpha value is -1.69. The van der Waals surface area contributed by atoms with Crippen molar-refractivity contribution in [3.63, 3.8) is 0 Å². The molecule has 0 rings (SSSR count). The highest BCUT2D eigenvalue weighted by molar-refractivity contribution is 5.75. The van der Waals surface area contributed by atoms with E-state index >= 15 is 0 Å².